The summed E-state index contributed by atoms with van der Waals surface area (Å²) in [5.74, 6) is 0.631. The predicted molar refractivity (Wildman–Crippen MR) is 89.7 cm³/mol. The molecule has 3 aromatic rings. The number of hydrogen-bond acceptors (Lipinski definition) is 5. The van der Waals surface area contributed by atoms with Gasteiger partial charge in [-0.05, 0) is 36.4 Å². The van der Waals surface area contributed by atoms with Crippen LogP contribution < -0.4 is 5.32 Å². The zero-order valence-corrected chi connectivity index (χ0v) is 13.3. The van der Waals surface area contributed by atoms with Crippen LogP contribution in [0.1, 0.15) is 27.8 Å². The fourth-order valence-electron chi connectivity index (χ4n) is 2.98. The number of amides is 1. The molecule has 1 aromatic carbocycles. The van der Waals surface area contributed by atoms with Gasteiger partial charge >= 0.3 is 0 Å². The maximum absolute atomic E-state index is 12.3. The van der Waals surface area contributed by atoms with Crippen molar-refractivity contribution < 1.29 is 9.53 Å². The Morgan fingerprint density at radius 3 is 3.00 bits per heavy atom. The van der Waals surface area contributed by atoms with Crippen molar-refractivity contribution in [1.82, 2.24) is 19.9 Å². The quantitative estimate of drug-likeness (QED) is 0.789. The molecule has 1 amide bonds. The van der Waals surface area contributed by atoms with Crippen molar-refractivity contribution in [3.05, 3.63) is 59.5 Å². The van der Waals surface area contributed by atoms with Crippen molar-refractivity contribution in [2.24, 2.45) is 0 Å². The summed E-state index contributed by atoms with van der Waals surface area (Å²) < 4.78 is 7.65. The van der Waals surface area contributed by atoms with Crippen LogP contribution in [0.25, 0.3) is 11.2 Å². The molecule has 1 aliphatic heterocycles. The van der Waals surface area contributed by atoms with Gasteiger partial charge in [-0.15, -0.1) is 0 Å². The topological polar surface area (TPSA) is 92.8 Å². The number of imidazole rings is 1. The van der Waals surface area contributed by atoms with Gasteiger partial charge in [0.25, 0.3) is 5.91 Å². The zero-order valence-electron chi connectivity index (χ0n) is 13.3. The van der Waals surface area contributed by atoms with E-state index in [0.29, 0.717) is 30.9 Å². The molecule has 0 bridgehead atoms. The number of fused-ring (bicyclic) bond motifs is 3. The Morgan fingerprint density at radius 2 is 2.20 bits per heavy atom. The Bertz CT molecular complexity index is 971. The molecule has 0 aliphatic carbocycles. The molecule has 3 heterocycles. The number of nitrogens with one attached hydrogen (secondary N) is 1. The second kappa shape index (κ2) is 6.34. The smallest absolute Gasteiger partial charge is 0.251 e. The molecule has 0 radical (unpaired) electrons. The van der Waals surface area contributed by atoms with Gasteiger partial charge in [-0.1, -0.05) is 0 Å². The molecule has 0 saturated heterocycles. The lowest BCUT2D eigenvalue weighted by atomic mass is 10.1. The number of aromatic nitrogens is 3. The Kier molecular flexibility index (Phi) is 3.88. The number of benzene rings is 1. The van der Waals surface area contributed by atoms with Crippen LogP contribution in [0.3, 0.4) is 0 Å². The first-order valence-electron chi connectivity index (χ1n) is 7.94. The van der Waals surface area contributed by atoms with Crippen molar-refractivity contribution in [2.75, 3.05) is 13.2 Å². The SMILES string of the molecule is N#Cc1ccc(C(=O)NCC2COCc3nc4cccnc4n32)cc1. The molecular formula is C18H15N5O2. The largest absolute Gasteiger partial charge is 0.371 e. The van der Waals surface area contributed by atoms with E-state index >= 15 is 0 Å². The molecule has 1 N–H and O–H groups in total. The van der Waals surface area contributed by atoms with Crippen LogP contribution in [0, 0.1) is 11.3 Å². The lowest BCUT2D eigenvalue weighted by molar-refractivity contribution is 0.0551. The van der Waals surface area contributed by atoms with E-state index in [0.717, 1.165) is 17.0 Å². The molecule has 2 aromatic heterocycles. The van der Waals surface area contributed by atoms with Crippen molar-refractivity contribution in [3.63, 3.8) is 0 Å². The second-order valence-corrected chi connectivity index (χ2v) is 5.81. The Hall–Kier alpha value is -3.24. The standard InChI is InChI=1S/C18H15N5O2/c19-8-12-3-5-13(6-4-12)18(24)21-9-14-10-25-11-16-22-15-2-1-7-20-17(15)23(14)16/h1-7,14H,9-11H2,(H,21,24). The van der Waals surface area contributed by atoms with E-state index in [1.165, 1.54) is 0 Å². The molecule has 124 valence electrons. The second-order valence-electron chi connectivity index (χ2n) is 5.81. The highest BCUT2D eigenvalue weighted by atomic mass is 16.5. The van der Waals surface area contributed by atoms with E-state index in [2.05, 4.69) is 15.3 Å². The molecule has 7 heteroatoms. The lowest BCUT2D eigenvalue weighted by Crippen LogP contribution is -2.35. The van der Waals surface area contributed by atoms with Gasteiger partial charge in [0.05, 0.1) is 24.3 Å². The molecule has 0 fully saturated rings. The molecule has 0 saturated carbocycles. The number of carbonyl (C=O) groups is 1. The summed E-state index contributed by atoms with van der Waals surface area (Å²) in [6.07, 6.45) is 1.74. The van der Waals surface area contributed by atoms with E-state index in [-0.39, 0.29) is 11.9 Å². The number of pyridine rings is 1. The van der Waals surface area contributed by atoms with Crippen LogP contribution >= 0.6 is 0 Å². The van der Waals surface area contributed by atoms with Crippen molar-refractivity contribution in [1.29, 1.82) is 5.26 Å². The summed E-state index contributed by atoms with van der Waals surface area (Å²) in [6, 6.07) is 12.3. The summed E-state index contributed by atoms with van der Waals surface area (Å²) in [7, 11) is 0. The van der Waals surface area contributed by atoms with Crippen LogP contribution in [-0.4, -0.2) is 33.6 Å². The van der Waals surface area contributed by atoms with Crippen LogP contribution in [0.15, 0.2) is 42.6 Å². The van der Waals surface area contributed by atoms with Crippen molar-refractivity contribution in [3.8, 4) is 6.07 Å². The number of nitriles is 1. The molecule has 4 rings (SSSR count). The van der Waals surface area contributed by atoms with Gasteiger partial charge in [0.2, 0.25) is 0 Å². The third-order valence-corrected chi connectivity index (χ3v) is 4.20. The summed E-state index contributed by atoms with van der Waals surface area (Å²) in [6.45, 7) is 1.34. The van der Waals surface area contributed by atoms with Crippen molar-refractivity contribution in [2.45, 2.75) is 12.6 Å². The van der Waals surface area contributed by atoms with Gasteiger partial charge in [0.15, 0.2) is 5.65 Å². The Labute approximate surface area is 143 Å². The lowest BCUT2D eigenvalue weighted by Gasteiger charge is -2.25. The number of rotatable bonds is 3. The van der Waals surface area contributed by atoms with Crippen molar-refractivity contribution >= 4 is 17.1 Å². The highest BCUT2D eigenvalue weighted by molar-refractivity contribution is 5.94. The van der Waals surface area contributed by atoms with Crippen LogP contribution in [0.4, 0.5) is 0 Å². The van der Waals surface area contributed by atoms with E-state index in [1.54, 1.807) is 30.5 Å². The van der Waals surface area contributed by atoms with E-state index in [1.807, 2.05) is 22.8 Å². The summed E-state index contributed by atoms with van der Waals surface area (Å²) in [4.78, 5) is 21.3. The summed E-state index contributed by atoms with van der Waals surface area (Å²) in [5, 5.41) is 11.7. The van der Waals surface area contributed by atoms with E-state index in [9.17, 15) is 4.79 Å². The minimum Gasteiger partial charge on any atom is -0.371 e. The third-order valence-electron chi connectivity index (χ3n) is 4.20. The Morgan fingerprint density at radius 1 is 1.36 bits per heavy atom. The third kappa shape index (κ3) is 2.84. The first-order valence-corrected chi connectivity index (χ1v) is 7.94. The number of carbonyl (C=O) groups excluding carboxylic acids is 1. The first kappa shape index (κ1) is 15.3. The summed E-state index contributed by atoms with van der Waals surface area (Å²) >= 11 is 0. The molecule has 1 aliphatic rings. The monoisotopic (exact) mass is 333 g/mol. The van der Waals surface area contributed by atoms with E-state index in [4.69, 9.17) is 10.00 Å². The molecule has 1 unspecified atom stereocenters. The molecule has 7 nitrogen and oxygen atoms in total. The van der Waals surface area contributed by atoms with Gasteiger partial charge in [-0.3, -0.25) is 4.79 Å². The highest BCUT2D eigenvalue weighted by Crippen LogP contribution is 2.24. The van der Waals surface area contributed by atoms with Crippen LogP contribution in [0.2, 0.25) is 0 Å². The predicted octanol–water partition coefficient (Wildman–Crippen LogP) is 1.80. The minimum atomic E-state index is -0.186. The summed E-state index contributed by atoms with van der Waals surface area (Å²) in [5.41, 5.74) is 2.67. The molecule has 25 heavy (non-hydrogen) atoms. The molecule has 0 spiro atoms. The average Bonchev–Trinajstić information content (AvgIpc) is 3.05. The van der Waals surface area contributed by atoms with Gasteiger partial charge in [-0.25, -0.2) is 9.97 Å². The molecule has 1 atom stereocenters. The van der Waals surface area contributed by atoms with Gasteiger partial charge in [0.1, 0.15) is 17.9 Å². The maximum Gasteiger partial charge on any atom is 0.251 e. The van der Waals surface area contributed by atoms with Gasteiger partial charge < -0.3 is 14.6 Å². The molecular weight excluding hydrogens is 318 g/mol. The Balaban J connectivity index is 1.52. The normalized spacial score (nSPS) is 16.2. The average molecular weight is 333 g/mol. The maximum atomic E-state index is 12.3. The van der Waals surface area contributed by atoms with Gasteiger partial charge in [-0.2, -0.15) is 5.26 Å². The fourth-order valence-corrected chi connectivity index (χ4v) is 2.98. The number of ether oxygens (including phenoxy) is 1. The number of hydrogen-bond donors (Lipinski definition) is 1. The van der Waals surface area contributed by atoms with E-state index < -0.39 is 0 Å². The minimum absolute atomic E-state index is 0.0639. The van der Waals surface area contributed by atoms with Gasteiger partial charge in [0, 0.05) is 18.3 Å². The van der Waals surface area contributed by atoms with Crippen LogP contribution in [-0.2, 0) is 11.3 Å². The number of nitrogens with zero attached hydrogens (tertiary/aromatic N) is 4. The highest BCUT2D eigenvalue weighted by Gasteiger charge is 2.25. The first-order chi connectivity index (χ1) is 12.3. The van der Waals surface area contributed by atoms with Crippen LogP contribution in [0.5, 0.6) is 0 Å². The fraction of sp³-hybridized carbons (Fsp3) is 0.222. The zero-order chi connectivity index (χ0) is 17.2.